The Labute approximate surface area is 141 Å². The van der Waals surface area contributed by atoms with Gasteiger partial charge in [-0.3, -0.25) is 20.4 Å². The van der Waals surface area contributed by atoms with E-state index in [1.165, 1.54) is 22.7 Å². The number of amides is 2. The highest BCUT2D eigenvalue weighted by Gasteiger charge is 2.17. The van der Waals surface area contributed by atoms with Gasteiger partial charge in [0.2, 0.25) is 0 Å². The first-order valence-electron chi connectivity index (χ1n) is 6.82. The van der Waals surface area contributed by atoms with Crippen molar-refractivity contribution in [2.75, 3.05) is 0 Å². The molecular formula is C16H13N3O2S2. The molecule has 0 saturated carbocycles. The first-order valence-corrected chi connectivity index (χ1v) is 8.52. The molecule has 0 spiro atoms. The highest BCUT2D eigenvalue weighted by Crippen LogP contribution is 2.27. The summed E-state index contributed by atoms with van der Waals surface area (Å²) in [6, 6.07) is 13.1. The second kappa shape index (κ2) is 6.72. The zero-order valence-corrected chi connectivity index (χ0v) is 13.8. The number of rotatable bonds is 3. The average molecular weight is 343 g/mol. The monoisotopic (exact) mass is 343 g/mol. The Balaban J connectivity index is 1.70. The van der Waals surface area contributed by atoms with Crippen molar-refractivity contribution in [2.24, 2.45) is 0 Å². The van der Waals surface area contributed by atoms with Gasteiger partial charge in [0.25, 0.3) is 11.8 Å². The summed E-state index contributed by atoms with van der Waals surface area (Å²) >= 11 is 2.61. The molecule has 0 radical (unpaired) electrons. The third-order valence-electron chi connectivity index (χ3n) is 3.06. The van der Waals surface area contributed by atoms with Crippen LogP contribution < -0.4 is 10.9 Å². The van der Waals surface area contributed by atoms with E-state index >= 15 is 0 Å². The molecule has 3 rings (SSSR count). The summed E-state index contributed by atoms with van der Waals surface area (Å²) in [5.41, 5.74) is 6.44. The lowest BCUT2D eigenvalue weighted by atomic mass is 10.2. The molecule has 0 atom stereocenters. The molecule has 0 saturated heterocycles. The van der Waals surface area contributed by atoms with Crippen molar-refractivity contribution < 1.29 is 9.59 Å². The molecule has 0 bridgehead atoms. The predicted molar refractivity (Wildman–Crippen MR) is 91.5 cm³/mol. The zero-order chi connectivity index (χ0) is 16.2. The Morgan fingerprint density at radius 1 is 1.00 bits per heavy atom. The van der Waals surface area contributed by atoms with Crippen LogP contribution in [0.3, 0.4) is 0 Å². The third-order valence-corrected chi connectivity index (χ3v) is 5.13. The Hall–Kier alpha value is -2.51. The van der Waals surface area contributed by atoms with Crippen molar-refractivity contribution in [3.8, 4) is 10.6 Å². The molecule has 23 heavy (non-hydrogen) atoms. The van der Waals surface area contributed by atoms with Crippen LogP contribution in [-0.2, 0) is 0 Å². The standard InChI is InChI=1S/C16H13N3O2S2/c1-10-13(23-16(17-10)11-6-3-2-4-7-11)15(21)19-18-14(20)12-8-5-9-22-12/h2-9H,1H3,(H,18,20)(H,19,21). The van der Waals surface area contributed by atoms with Crippen LogP contribution in [0.1, 0.15) is 25.0 Å². The number of benzene rings is 1. The van der Waals surface area contributed by atoms with Crippen LogP contribution in [0, 0.1) is 6.92 Å². The number of hydrazine groups is 1. The summed E-state index contributed by atoms with van der Waals surface area (Å²) in [6.07, 6.45) is 0. The van der Waals surface area contributed by atoms with Gasteiger partial charge in [0, 0.05) is 5.56 Å². The molecule has 2 heterocycles. The molecule has 0 aliphatic rings. The third kappa shape index (κ3) is 3.46. The van der Waals surface area contributed by atoms with Gasteiger partial charge in [0.05, 0.1) is 10.6 Å². The maximum Gasteiger partial charge on any atom is 0.281 e. The fourth-order valence-electron chi connectivity index (χ4n) is 1.95. The quantitative estimate of drug-likeness (QED) is 0.717. The molecule has 0 unspecified atom stereocenters. The molecule has 0 fully saturated rings. The molecule has 3 aromatic rings. The van der Waals surface area contributed by atoms with E-state index in [-0.39, 0.29) is 11.8 Å². The summed E-state index contributed by atoms with van der Waals surface area (Å²) in [5.74, 6) is -0.703. The van der Waals surface area contributed by atoms with Crippen LogP contribution in [0.5, 0.6) is 0 Å². The van der Waals surface area contributed by atoms with E-state index in [0.29, 0.717) is 15.4 Å². The second-order valence-corrected chi connectivity index (χ2v) is 6.63. The van der Waals surface area contributed by atoms with E-state index in [2.05, 4.69) is 15.8 Å². The minimum absolute atomic E-state index is 0.334. The van der Waals surface area contributed by atoms with Gasteiger partial charge in [-0.1, -0.05) is 36.4 Å². The van der Waals surface area contributed by atoms with Gasteiger partial charge in [-0.25, -0.2) is 4.98 Å². The first kappa shape index (κ1) is 15.4. The van der Waals surface area contributed by atoms with Gasteiger partial charge in [-0.05, 0) is 18.4 Å². The van der Waals surface area contributed by atoms with Gasteiger partial charge >= 0.3 is 0 Å². The Bertz CT molecular complexity index is 826. The van der Waals surface area contributed by atoms with E-state index in [0.717, 1.165) is 10.6 Å². The molecule has 0 aliphatic heterocycles. The summed E-state index contributed by atoms with van der Waals surface area (Å²) in [5, 5.41) is 2.58. The Morgan fingerprint density at radius 2 is 1.74 bits per heavy atom. The minimum atomic E-state index is -0.368. The number of carbonyl (C=O) groups excluding carboxylic acids is 2. The number of hydrogen-bond donors (Lipinski definition) is 2. The van der Waals surface area contributed by atoms with Crippen LogP contribution in [0.15, 0.2) is 47.8 Å². The molecular weight excluding hydrogens is 330 g/mol. The van der Waals surface area contributed by atoms with Gasteiger partial charge in [0.15, 0.2) is 0 Å². The number of carbonyl (C=O) groups is 2. The first-order chi connectivity index (χ1) is 11.1. The average Bonchev–Trinajstić information content (AvgIpc) is 3.23. The lowest BCUT2D eigenvalue weighted by Gasteiger charge is -2.04. The summed E-state index contributed by atoms with van der Waals surface area (Å²) in [6.45, 7) is 1.78. The molecule has 2 amide bonds. The number of hydrogen-bond acceptors (Lipinski definition) is 5. The van der Waals surface area contributed by atoms with Crippen LogP contribution in [0.2, 0.25) is 0 Å². The fraction of sp³-hybridized carbons (Fsp3) is 0.0625. The largest absolute Gasteiger partial charge is 0.281 e. The van der Waals surface area contributed by atoms with E-state index < -0.39 is 0 Å². The van der Waals surface area contributed by atoms with E-state index in [9.17, 15) is 9.59 Å². The highest BCUT2D eigenvalue weighted by atomic mass is 32.1. The van der Waals surface area contributed by atoms with Crippen LogP contribution in [0.4, 0.5) is 0 Å². The molecule has 2 N–H and O–H groups in total. The lowest BCUT2D eigenvalue weighted by molar-refractivity contribution is 0.0850. The molecule has 7 heteroatoms. The van der Waals surface area contributed by atoms with Crippen molar-refractivity contribution in [1.82, 2.24) is 15.8 Å². The second-order valence-electron chi connectivity index (χ2n) is 4.69. The number of aryl methyl sites for hydroxylation is 1. The number of nitrogens with zero attached hydrogens (tertiary/aromatic N) is 1. The van der Waals surface area contributed by atoms with Crippen LogP contribution in [-0.4, -0.2) is 16.8 Å². The lowest BCUT2D eigenvalue weighted by Crippen LogP contribution is -2.41. The number of aromatic nitrogens is 1. The van der Waals surface area contributed by atoms with E-state index in [1.807, 2.05) is 30.3 Å². The van der Waals surface area contributed by atoms with Crippen molar-refractivity contribution in [3.05, 3.63) is 63.3 Å². The maximum absolute atomic E-state index is 12.2. The maximum atomic E-state index is 12.2. The Morgan fingerprint density at radius 3 is 2.43 bits per heavy atom. The van der Waals surface area contributed by atoms with E-state index in [4.69, 9.17) is 0 Å². The van der Waals surface area contributed by atoms with Crippen molar-refractivity contribution in [2.45, 2.75) is 6.92 Å². The van der Waals surface area contributed by atoms with Gasteiger partial charge in [-0.2, -0.15) is 0 Å². The normalized spacial score (nSPS) is 10.3. The zero-order valence-electron chi connectivity index (χ0n) is 12.2. The SMILES string of the molecule is Cc1nc(-c2ccccc2)sc1C(=O)NNC(=O)c1cccs1. The number of thiophene rings is 1. The smallest absolute Gasteiger partial charge is 0.266 e. The van der Waals surface area contributed by atoms with Crippen molar-refractivity contribution in [1.29, 1.82) is 0 Å². The van der Waals surface area contributed by atoms with Crippen LogP contribution >= 0.6 is 22.7 Å². The fourth-order valence-corrected chi connectivity index (χ4v) is 3.54. The summed E-state index contributed by atoms with van der Waals surface area (Å²) < 4.78 is 0. The Kier molecular flexibility index (Phi) is 4.50. The topological polar surface area (TPSA) is 71.1 Å². The van der Waals surface area contributed by atoms with Crippen molar-refractivity contribution in [3.63, 3.8) is 0 Å². The number of nitrogens with one attached hydrogen (secondary N) is 2. The number of thiazole rings is 1. The minimum Gasteiger partial charge on any atom is -0.266 e. The van der Waals surface area contributed by atoms with Crippen molar-refractivity contribution >= 4 is 34.5 Å². The van der Waals surface area contributed by atoms with Crippen LogP contribution in [0.25, 0.3) is 10.6 Å². The van der Waals surface area contributed by atoms with Gasteiger partial charge in [0.1, 0.15) is 9.88 Å². The molecule has 0 aliphatic carbocycles. The molecule has 5 nitrogen and oxygen atoms in total. The van der Waals surface area contributed by atoms with Gasteiger partial charge < -0.3 is 0 Å². The molecule has 2 aromatic heterocycles. The predicted octanol–water partition coefficient (Wildman–Crippen LogP) is 3.25. The molecule has 116 valence electrons. The summed E-state index contributed by atoms with van der Waals surface area (Å²) in [7, 11) is 0. The summed E-state index contributed by atoms with van der Waals surface area (Å²) in [4.78, 5) is 29.5. The molecule has 1 aromatic carbocycles. The highest BCUT2D eigenvalue weighted by molar-refractivity contribution is 7.17. The van der Waals surface area contributed by atoms with E-state index in [1.54, 1.807) is 24.4 Å². The van der Waals surface area contributed by atoms with Gasteiger partial charge in [-0.15, -0.1) is 22.7 Å².